The average molecular weight is 473 g/mol. The van der Waals surface area contributed by atoms with Crippen LogP contribution in [0.1, 0.15) is 33.6 Å². The fourth-order valence-electron chi connectivity index (χ4n) is 2.48. The maximum Gasteiger partial charge on any atom is 0.410 e. The average Bonchev–Trinajstić information content (AvgIpc) is 2.62. The predicted molar refractivity (Wildman–Crippen MR) is 97.7 cm³/mol. The van der Waals surface area contributed by atoms with Crippen LogP contribution in [0.4, 0.5) is 4.79 Å². The molecule has 0 aliphatic heterocycles. The van der Waals surface area contributed by atoms with E-state index in [1.54, 1.807) is 0 Å². The van der Waals surface area contributed by atoms with Gasteiger partial charge in [0.05, 0.1) is 17.4 Å². The van der Waals surface area contributed by atoms with Crippen LogP contribution in [0.15, 0.2) is 0 Å². The van der Waals surface area contributed by atoms with Gasteiger partial charge in [0.15, 0.2) is 0 Å². The topological polar surface area (TPSA) is 217 Å². The third-order valence-corrected chi connectivity index (χ3v) is 3.52. The number of carboxylic acid groups (broad SMARTS) is 1. The van der Waals surface area contributed by atoms with Crippen LogP contribution in [0.5, 0.6) is 0 Å². The van der Waals surface area contributed by atoms with Crippen molar-refractivity contribution < 1.29 is 64.2 Å². The molecule has 1 amide bonds. The zero-order valence-electron chi connectivity index (χ0n) is 17.9. The number of hydrogen-bond donors (Lipinski definition) is 6. The highest BCUT2D eigenvalue weighted by molar-refractivity contribution is 5.71. The Labute approximate surface area is 183 Å². The van der Waals surface area contributed by atoms with Crippen molar-refractivity contribution in [3.05, 3.63) is 0 Å². The molecule has 0 aromatic heterocycles. The molecule has 0 radical (unpaired) electrons. The van der Waals surface area contributed by atoms with E-state index < -0.39 is 61.0 Å². The molecule has 0 aliphatic rings. The van der Waals surface area contributed by atoms with Gasteiger partial charge in [0.2, 0.25) is 6.29 Å². The van der Waals surface area contributed by atoms with Gasteiger partial charge in [-0.15, -0.1) is 0 Å². The van der Waals surface area contributed by atoms with Gasteiger partial charge in [0.25, 0.3) is 0 Å². The number of carboxylic acids is 1. The number of nitrogens with zero attached hydrogens (tertiary/aromatic N) is 2. The summed E-state index contributed by atoms with van der Waals surface area (Å²) >= 11 is 0. The first-order valence-corrected chi connectivity index (χ1v) is 9.47. The molecule has 16 nitrogen and oxygen atoms in total. The van der Waals surface area contributed by atoms with Crippen LogP contribution in [0.2, 0.25) is 0 Å². The van der Waals surface area contributed by atoms with E-state index >= 15 is 0 Å². The van der Waals surface area contributed by atoms with Crippen molar-refractivity contribution in [2.75, 3.05) is 26.4 Å². The van der Waals surface area contributed by atoms with Crippen molar-refractivity contribution in [1.82, 2.24) is 16.1 Å². The van der Waals surface area contributed by atoms with Gasteiger partial charge in [-0.1, -0.05) is 13.8 Å². The van der Waals surface area contributed by atoms with E-state index in [1.165, 1.54) is 6.92 Å². The number of hydrogen-bond acceptors (Lipinski definition) is 14. The first kappa shape index (κ1) is 29.9. The number of alkyl carbamates (subject to hydrolysis) is 1. The number of aliphatic carboxylic acids is 1. The van der Waals surface area contributed by atoms with Crippen LogP contribution in [0, 0.1) is 11.8 Å². The number of carbonyl (C=O) groups excluding carboxylic acids is 2. The molecule has 16 heteroatoms. The van der Waals surface area contributed by atoms with Crippen molar-refractivity contribution in [3.8, 4) is 0 Å². The van der Waals surface area contributed by atoms with Crippen LogP contribution in [0.25, 0.3) is 0 Å². The molecular weight excluding hydrogens is 442 g/mol. The molecule has 0 aliphatic carbocycles. The summed E-state index contributed by atoms with van der Waals surface area (Å²) in [6, 6.07) is 0. The van der Waals surface area contributed by atoms with Gasteiger partial charge in [-0.2, -0.15) is 0 Å². The number of amides is 1. The largest absolute Gasteiger partial charge is 0.481 e. The summed E-state index contributed by atoms with van der Waals surface area (Å²) < 4.78 is 14.6. The Morgan fingerprint density at radius 2 is 1.62 bits per heavy atom. The van der Waals surface area contributed by atoms with Crippen LogP contribution in [-0.2, 0) is 33.5 Å². The summed E-state index contributed by atoms with van der Waals surface area (Å²) in [6.07, 6.45) is -2.98. The summed E-state index contributed by atoms with van der Waals surface area (Å²) in [6.45, 7) is 3.49. The van der Waals surface area contributed by atoms with Crippen LogP contribution >= 0.6 is 0 Å². The fourth-order valence-corrected chi connectivity index (χ4v) is 2.48. The second-order valence-electron chi connectivity index (χ2n) is 6.98. The first-order chi connectivity index (χ1) is 14.9. The molecule has 0 saturated carbocycles. The molecule has 0 rings (SSSR count). The van der Waals surface area contributed by atoms with E-state index in [9.17, 15) is 14.4 Å². The zero-order chi connectivity index (χ0) is 24.7. The maximum atomic E-state index is 11.8. The quantitative estimate of drug-likeness (QED) is 0.0940. The van der Waals surface area contributed by atoms with E-state index in [2.05, 4.69) is 15.0 Å². The van der Waals surface area contributed by atoms with E-state index in [4.69, 9.17) is 40.1 Å². The lowest BCUT2D eigenvalue weighted by Gasteiger charge is -2.20. The van der Waals surface area contributed by atoms with Crippen molar-refractivity contribution >= 4 is 18.0 Å². The summed E-state index contributed by atoms with van der Waals surface area (Å²) in [4.78, 5) is 43.1. The second-order valence-corrected chi connectivity index (χ2v) is 6.98. The highest BCUT2D eigenvalue weighted by atomic mass is 17.1. The van der Waals surface area contributed by atoms with Crippen LogP contribution < -0.4 is 5.32 Å². The molecule has 0 bridgehead atoms. The molecule has 0 fully saturated rings. The maximum absolute atomic E-state index is 11.8. The number of ether oxygens (including phenoxy) is 3. The molecule has 3 atom stereocenters. The lowest BCUT2D eigenvalue weighted by molar-refractivity contribution is -0.528. The standard InChI is InChI=1S/C16H31N3O13/c1-10(2)4-12(5-14(20)21)6-17-16(23)31-11(3)30-15(22)9-28-7-13(32-19(26)27)8-29-18(24)25/h10-13,24-27H,4-9H2,1-3H3,(H,17,23)(H,20,21)/t11?,12-,13?/m0/s1. The van der Waals surface area contributed by atoms with E-state index in [-0.39, 0.29) is 24.8 Å². The minimum absolute atomic E-state index is 0.0718. The second kappa shape index (κ2) is 16.5. The Hall–Kier alpha value is -2.15. The van der Waals surface area contributed by atoms with Gasteiger partial charge in [-0.05, 0) is 18.3 Å². The first-order valence-electron chi connectivity index (χ1n) is 9.47. The molecule has 0 spiro atoms. The monoisotopic (exact) mass is 473 g/mol. The Balaban J connectivity index is 4.29. The number of carbonyl (C=O) groups is 3. The highest BCUT2D eigenvalue weighted by Gasteiger charge is 2.20. The van der Waals surface area contributed by atoms with E-state index in [0.29, 0.717) is 6.42 Å². The van der Waals surface area contributed by atoms with Crippen molar-refractivity contribution in [3.63, 3.8) is 0 Å². The highest BCUT2D eigenvalue weighted by Crippen LogP contribution is 2.14. The Morgan fingerprint density at radius 3 is 2.16 bits per heavy atom. The predicted octanol–water partition coefficient (Wildman–Crippen LogP) is 0.148. The molecule has 0 heterocycles. The lowest BCUT2D eigenvalue weighted by Crippen LogP contribution is -2.36. The van der Waals surface area contributed by atoms with Gasteiger partial charge in [-0.3, -0.25) is 25.6 Å². The van der Waals surface area contributed by atoms with Gasteiger partial charge >= 0.3 is 18.0 Å². The Bertz CT molecular complexity index is 561. The zero-order valence-corrected chi connectivity index (χ0v) is 17.9. The molecule has 6 N–H and O–H groups in total. The van der Waals surface area contributed by atoms with E-state index in [0.717, 1.165) is 0 Å². The fraction of sp³-hybridized carbons (Fsp3) is 0.812. The van der Waals surface area contributed by atoms with Crippen molar-refractivity contribution in [2.45, 2.75) is 46.0 Å². The number of nitrogens with one attached hydrogen (secondary N) is 1. The molecule has 2 unspecified atom stereocenters. The van der Waals surface area contributed by atoms with Gasteiger partial charge in [0.1, 0.15) is 19.3 Å². The molecule has 32 heavy (non-hydrogen) atoms. The third-order valence-electron chi connectivity index (χ3n) is 3.52. The van der Waals surface area contributed by atoms with E-state index in [1.807, 2.05) is 13.8 Å². The summed E-state index contributed by atoms with van der Waals surface area (Å²) in [5.74, 6) is -1.98. The van der Waals surface area contributed by atoms with Gasteiger partial charge < -0.3 is 24.6 Å². The van der Waals surface area contributed by atoms with Gasteiger partial charge in [0, 0.05) is 19.9 Å². The normalized spacial score (nSPS) is 14.3. The Morgan fingerprint density at radius 1 is 0.969 bits per heavy atom. The van der Waals surface area contributed by atoms with Crippen LogP contribution in [-0.4, -0.2) is 93.5 Å². The molecule has 0 saturated heterocycles. The Kier molecular flexibility index (Phi) is 15.4. The van der Waals surface area contributed by atoms with Crippen molar-refractivity contribution in [1.29, 1.82) is 0 Å². The van der Waals surface area contributed by atoms with Crippen molar-refractivity contribution in [2.24, 2.45) is 11.8 Å². The lowest BCUT2D eigenvalue weighted by atomic mass is 9.94. The number of esters is 1. The summed E-state index contributed by atoms with van der Waals surface area (Å²) in [5, 5.41) is 44.2. The minimum atomic E-state index is -1.28. The molecular formula is C16H31N3O13. The van der Waals surface area contributed by atoms with Crippen LogP contribution in [0.3, 0.4) is 0 Å². The molecule has 188 valence electrons. The third kappa shape index (κ3) is 17.5. The molecule has 0 aromatic carbocycles. The summed E-state index contributed by atoms with van der Waals surface area (Å²) in [5.41, 5.74) is 0. The summed E-state index contributed by atoms with van der Waals surface area (Å²) in [7, 11) is 0. The van der Waals surface area contributed by atoms with Gasteiger partial charge in [-0.25, -0.2) is 19.3 Å². The SMILES string of the molecule is CC(C)C[C@H](CNC(=O)OC(C)OC(=O)COCC(CON(O)O)ON(O)O)CC(=O)O. The smallest absolute Gasteiger partial charge is 0.410 e. The minimum Gasteiger partial charge on any atom is -0.481 e. The number of rotatable bonds is 17. The molecule has 0 aromatic rings.